The molecule has 21 heavy (non-hydrogen) atoms. The maximum Gasteiger partial charge on any atom is 0.255 e. The van der Waals surface area contributed by atoms with E-state index in [1.807, 2.05) is 10.9 Å². The molecule has 1 aliphatic heterocycles. The Morgan fingerprint density at radius 2 is 2.43 bits per heavy atom. The highest BCUT2D eigenvalue weighted by Gasteiger charge is 2.18. The largest absolute Gasteiger partial charge is 0.497 e. The molecule has 2 heterocycles. The summed E-state index contributed by atoms with van der Waals surface area (Å²) in [6.07, 6.45) is 4.43. The lowest BCUT2D eigenvalue weighted by atomic mass is 10.2. The van der Waals surface area contributed by atoms with Gasteiger partial charge in [-0.25, -0.2) is 0 Å². The van der Waals surface area contributed by atoms with Crippen LogP contribution in [0.1, 0.15) is 22.8 Å². The second-order valence-electron chi connectivity index (χ2n) is 4.91. The Morgan fingerprint density at radius 3 is 3.19 bits per heavy atom. The van der Waals surface area contributed by atoms with Crippen LogP contribution in [0.5, 0.6) is 5.75 Å². The van der Waals surface area contributed by atoms with E-state index in [2.05, 4.69) is 10.4 Å². The molecule has 6 nitrogen and oxygen atoms in total. The number of ether oxygens (including phenoxy) is 2. The van der Waals surface area contributed by atoms with Crippen LogP contribution in [0.25, 0.3) is 0 Å². The molecule has 0 saturated carbocycles. The van der Waals surface area contributed by atoms with Crippen LogP contribution in [0.4, 0.5) is 5.69 Å². The zero-order valence-corrected chi connectivity index (χ0v) is 11.8. The molecule has 1 fully saturated rings. The summed E-state index contributed by atoms with van der Waals surface area (Å²) in [5.41, 5.74) is 1.22. The molecule has 3 rings (SSSR count). The number of amides is 1. The summed E-state index contributed by atoms with van der Waals surface area (Å²) < 4.78 is 12.3. The summed E-state index contributed by atoms with van der Waals surface area (Å²) >= 11 is 0. The average Bonchev–Trinajstić information content (AvgIpc) is 3.18. The lowest BCUT2D eigenvalue weighted by Gasteiger charge is -2.07. The highest BCUT2D eigenvalue weighted by molar-refractivity contribution is 6.04. The van der Waals surface area contributed by atoms with Gasteiger partial charge < -0.3 is 14.8 Å². The van der Waals surface area contributed by atoms with Gasteiger partial charge >= 0.3 is 0 Å². The number of aromatic nitrogens is 2. The number of carbonyl (C=O) groups is 1. The summed E-state index contributed by atoms with van der Waals surface area (Å²) in [5.74, 6) is 0.470. The molecule has 1 N–H and O–H groups in total. The fourth-order valence-electron chi connectivity index (χ4n) is 2.30. The van der Waals surface area contributed by atoms with Gasteiger partial charge in [-0.05, 0) is 24.6 Å². The van der Waals surface area contributed by atoms with Crippen molar-refractivity contribution in [2.24, 2.45) is 0 Å². The van der Waals surface area contributed by atoms with Crippen molar-refractivity contribution in [2.45, 2.75) is 12.5 Å². The smallest absolute Gasteiger partial charge is 0.255 e. The van der Waals surface area contributed by atoms with Gasteiger partial charge in [-0.3, -0.25) is 9.48 Å². The topological polar surface area (TPSA) is 65.4 Å². The van der Waals surface area contributed by atoms with E-state index in [1.165, 1.54) is 0 Å². The third kappa shape index (κ3) is 3.05. The van der Waals surface area contributed by atoms with Crippen molar-refractivity contribution in [2.75, 3.05) is 25.6 Å². The second-order valence-corrected chi connectivity index (χ2v) is 4.91. The van der Waals surface area contributed by atoms with Gasteiger partial charge in [-0.2, -0.15) is 5.10 Å². The molecule has 6 heteroatoms. The molecule has 0 spiro atoms. The minimum atomic E-state index is -0.184. The minimum Gasteiger partial charge on any atom is -0.497 e. The molecule has 1 saturated heterocycles. The van der Waals surface area contributed by atoms with Gasteiger partial charge in [-0.1, -0.05) is 6.07 Å². The number of benzene rings is 1. The molecule has 1 aromatic heterocycles. The van der Waals surface area contributed by atoms with E-state index in [4.69, 9.17) is 9.47 Å². The molecular weight excluding hydrogens is 270 g/mol. The van der Waals surface area contributed by atoms with E-state index in [0.29, 0.717) is 23.6 Å². The van der Waals surface area contributed by atoms with Crippen molar-refractivity contribution in [1.82, 2.24) is 9.78 Å². The highest BCUT2D eigenvalue weighted by atomic mass is 16.5. The number of carbonyl (C=O) groups excluding carboxylic acids is 1. The Morgan fingerprint density at radius 1 is 1.52 bits per heavy atom. The molecule has 2 aromatic rings. The van der Waals surface area contributed by atoms with Crippen molar-refractivity contribution in [1.29, 1.82) is 0 Å². The zero-order valence-electron chi connectivity index (χ0n) is 11.8. The zero-order chi connectivity index (χ0) is 14.7. The normalized spacial score (nSPS) is 17.7. The first-order chi connectivity index (χ1) is 10.3. The van der Waals surface area contributed by atoms with E-state index in [0.717, 1.165) is 13.0 Å². The van der Waals surface area contributed by atoms with Crippen molar-refractivity contribution < 1.29 is 14.3 Å². The van der Waals surface area contributed by atoms with Crippen LogP contribution in [0.2, 0.25) is 0 Å². The number of hydrogen-bond acceptors (Lipinski definition) is 4. The Labute approximate surface area is 122 Å². The summed E-state index contributed by atoms with van der Waals surface area (Å²) in [6, 6.07) is 7.28. The Bertz CT molecular complexity index is 633. The Kier molecular flexibility index (Phi) is 3.87. The SMILES string of the molecule is COc1cccc(C(=O)Nc2cnn(C3CCOC3)c2)c1. The molecule has 110 valence electrons. The third-order valence-electron chi connectivity index (χ3n) is 3.47. The van der Waals surface area contributed by atoms with E-state index in [1.54, 1.807) is 37.6 Å². The van der Waals surface area contributed by atoms with Gasteiger partial charge in [0.05, 0.1) is 31.6 Å². The van der Waals surface area contributed by atoms with Crippen molar-refractivity contribution in [3.63, 3.8) is 0 Å². The first-order valence-electron chi connectivity index (χ1n) is 6.83. The van der Waals surface area contributed by atoms with Gasteiger partial charge in [0.15, 0.2) is 0 Å². The molecule has 1 unspecified atom stereocenters. The molecule has 1 atom stereocenters. The van der Waals surface area contributed by atoms with Gasteiger partial charge in [-0.15, -0.1) is 0 Å². The Balaban J connectivity index is 1.69. The van der Waals surface area contributed by atoms with Crippen LogP contribution < -0.4 is 10.1 Å². The molecule has 1 aromatic carbocycles. The van der Waals surface area contributed by atoms with Gasteiger partial charge in [0.1, 0.15) is 5.75 Å². The molecule has 1 aliphatic rings. The predicted molar refractivity (Wildman–Crippen MR) is 77.6 cm³/mol. The van der Waals surface area contributed by atoms with Crippen LogP contribution in [-0.2, 0) is 4.74 Å². The number of anilines is 1. The quantitative estimate of drug-likeness (QED) is 0.935. The van der Waals surface area contributed by atoms with Crippen molar-refractivity contribution >= 4 is 11.6 Å². The van der Waals surface area contributed by atoms with Gasteiger partial charge in [0.25, 0.3) is 5.91 Å². The fourth-order valence-corrected chi connectivity index (χ4v) is 2.30. The molecular formula is C15H17N3O3. The van der Waals surface area contributed by atoms with Gasteiger partial charge in [0.2, 0.25) is 0 Å². The van der Waals surface area contributed by atoms with Crippen molar-refractivity contribution in [3.05, 3.63) is 42.2 Å². The van der Waals surface area contributed by atoms with Crippen LogP contribution in [0.15, 0.2) is 36.7 Å². The molecule has 0 radical (unpaired) electrons. The number of nitrogens with one attached hydrogen (secondary N) is 1. The number of nitrogens with zero attached hydrogens (tertiary/aromatic N) is 2. The summed E-state index contributed by atoms with van der Waals surface area (Å²) in [6.45, 7) is 1.43. The maximum absolute atomic E-state index is 12.2. The predicted octanol–water partition coefficient (Wildman–Crippen LogP) is 2.11. The third-order valence-corrected chi connectivity index (χ3v) is 3.47. The first kappa shape index (κ1) is 13.6. The molecule has 0 aliphatic carbocycles. The first-order valence-corrected chi connectivity index (χ1v) is 6.83. The van der Waals surface area contributed by atoms with Crippen LogP contribution in [-0.4, -0.2) is 36.0 Å². The fraction of sp³-hybridized carbons (Fsp3) is 0.333. The monoisotopic (exact) mass is 287 g/mol. The number of rotatable bonds is 4. The van der Waals surface area contributed by atoms with E-state index in [9.17, 15) is 4.79 Å². The van der Waals surface area contributed by atoms with Crippen LogP contribution in [0.3, 0.4) is 0 Å². The van der Waals surface area contributed by atoms with E-state index >= 15 is 0 Å². The van der Waals surface area contributed by atoms with Crippen LogP contribution in [0, 0.1) is 0 Å². The number of methoxy groups -OCH3 is 1. The standard InChI is InChI=1S/C15H17N3O3/c1-20-14-4-2-3-11(7-14)15(19)17-12-8-16-18(9-12)13-5-6-21-10-13/h2-4,7-9,13H,5-6,10H2,1H3,(H,17,19). The summed E-state index contributed by atoms with van der Waals surface area (Å²) in [4.78, 5) is 12.2. The minimum absolute atomic E-state index is 0.184. The van der Waals surface area contributed by atoms with Crippen molar-refractivity contribution in [3.8, 4) is 5.75 Å². The van der Waals surface area contributed by atoms with Gasteiger partial charge in [0, 0.05) is 18.4 Å². The lowest BCUT2D eigenvalue weighted by Crippen LogP contribution is -2.12. The average molecular weight is 287 g/mol. The molecule has 0 bridgehead atoms. The number of hydrogen-bond donors (Lipinski definition) is 1. The van der Waals surface area contributed by atoms with E-state index in [-0.39, 0.29) is 11.9 Å². The Hall–Kier alpha value is -2.34. The summed E-state index contributed by atoms with van der Waals surface area (Å²) in [5, 5.41) is 7.11. The lowest BCUT2D eigenvalue weighted by molar-refractivity contribution is 0.102. The van der Waals surface area contributed by atoms with E-state index < -0.39 is 0 Å². The maximum atomic E-state index is 12.2. The summed E-state index contributed by atoms with van der Waals surface area (Å²) in [7, 11) is 1.57. The highest BCUT2D eigenvalue weighted by Crippen LogP contribution is 2.20. The van der Waals surface area contributed by atoms with Crippen LogP contribution >= 0.6 is 0 Å². The second kappa shape index (κ2) is 5.97. The molecule has 1 amide bonds.